The number of halogens is 1. The number of aromatic nitrogens is 1. The van der Waals surface area contributed by atoms with Crippen LogP contribution in [0.3, 0.4) is 0 Å². The normalized spacial score (nSPS) is 22.0. The molecule has 136 valence electrons. The number of rotatable bonds is 1. The summed E-state index contributed by atoms with van der Waals surface area (Å²) in [4.78, 5) is 20.1. The van der Waals surface area contributed by atoms with Crippen LogP contribution < -0.4 is 9.64 Å². The van der Waals surface area contributed by atoms with Gasteiger partial charge in [0.2, 0.25) is 5.91 Å². The molecule has 2 aliphatic rings. The number of ether oxygens (including phenoxy) is 1. The van der Waals surface area contributed by atoms with E-state index in [1.165, 1.54) is 0 Å². The van der Waals surface area contributed by atoms with Crippen LogP contribution in [0.5, 0.6) is 5.75 Å². The van der Waals surface area contributed by atoms with Crippen LogP contribution in [0.2, 0.25) is 5.02 Å². The summed E-state index contributed by atoms with van der Waals surface area (Å²) in [5, 5.41) is 2.73. The van der Waals surface area contributed by atoms with Gasteiger partial charge in [-0.2, -0.15) is 0 Å². The van der Waals surface area contributed by atoms with Gasteiger partial charge >= 0.3 is 0 Å². The average Bonchev–Trinajstić information content (AvgIpc) is 2.70. The molecule has 2 aliphatic heterocycles. The van der Waals surface area contributed by atoms with Crippen LogP contribution in [0.1, 0.15) is 24.8 Å². The lowest BCUT2D eigenvalue weighted by molar-refractivity contribution is -0.127. The van der Waals surface area contributed by atoms with E-state index in [9.17, 15) is 4.79 Å². The Hall–Kier alpha value is -2.59. The summed E-state index contributed by atoms with van der Waals surface area (Å²) in [6, 6.07) is 13.7. The van der Waals surface area contributed by atoms with E-state index in [0.717, 1.165) is 40.6 Å². The molecule has 0 N–H and O–H groups in total. The van der Waals surface area contributed by atoms with Gasteiger partial charge in [-0.1, -0.05) is 35.9 Å². The molecule has 0 bridgehead atoms. The lowest BCUT2D eigenvalue weighted by Crippen LogP contribution is -2.53. The number of amides is 1. The fraction of sp³-hybridized carbons (Fsp3) is 0.273. The minimum Gasteiger partial charge on any atom is -0.493 e. The minimum absolute atomic E-state index is 0.124. The third-order valence-electron chi connectivity index (χ3n) is 5.82. The first-order chi connectivity index (χ1) is 13.2. The molecule has 4 nitrogen and oxygen atoms in total. The first kappa shape index (κ1) is 16.6. The van der Waals surface area contributed by atoms with Gasteiger partial charge in [-0.05, 0) is 31.0 Å². The van der Waals surface area contributed by atoms with Gasteiger partial charge in [-0.25, -0.2) is 0 Å². The van der Waals surface area contributed by atoms with E-state index < -0.39 is 5.41 Å². The van der Waals surface area contributed by atoms with E-state index in [2.05, 4.69) is 11.1 Å². The second-order valence-electron chi connectivity index (χ2n) is 7.26. The Morgan fingerprint density at radius 2 is 2.00 bits per heavy atom. The quantitative estimate of drug-likeness (QED) is 0.614. The van der Waals surface area contributed by atoms with Crippen molar-refractivity contribution < 1.29 is 9.53 Å². The molecule has 1 atom stereocenters. The summed E-state index contributed by atoms with van der Waals surface area (Å²) in [5.74, 6) is 0.899. The van der Waals surface area contributed by atoms with E-state index >= 15 is 0 Å². The highest BCUT2D eigenvalue weighted by Gasteiger charge is 2.49. The van der Waals surface area contributed by atoms with Crippen LogP contribution in [-0.2, 0) is 10.2 Å². The maximum Gasteiger partial charge on any atom is 0.237 e. The first-order valence-electron chi connectivity index (χ1n) is 9.27. The van der Waals surface area contributed by atoms with Crippen molar-refractivity contribution in [1.82, 2.24) is 4.98 Å². The summed E-state index contributed by atoms with van der Waals surface area (Å²) >= 11 is 6.27. The number of benzene rings is 2. The van der Waals surface area contributed by atoms with Gasteiger partial charge in [0.1, 0.15) is 5.75 Å². The van der Waals surface area contributed by atoms with Crippen molar-refractivity contribution in [2.45, 2.75) is 24.7 Å². The lowest BCUT2D eigenvalue weighted by atomic mass is 9.69. The summed E-state index contributed by atoms with van der Waals surface area (Å²) < 4.78 is 5.82. The Morgan fingerprint density at radius 3 is 2.93 bits per heavy atom. The summed E-state index contributed by atoms with van der Waals surface area (Å²) in [7, 11) is 0. The number of pyridine rings is 1. The van der Waals surface area contributed by atoms with Crippen LogP contribution in [-0.4, -0.2) is 24.0 Å². The number of fused-ring (bicyclic) bond motifs is 3. The van der Waals surface area contributed by atoms with Gasteiger partial charge in [0, 0.05) is 40.5 Å². The zero-order chi connectivity index (χ0) is 18.4. The molecule has 1 saturated heterocycles. The third kappa shape index (κ3) is 2.51. The summed E-state index contributed by atoms with van der Waals surface area (Å²) in [6.45, 7) is 1.25. The molecule has 0 unspecified atom stereocenters. The monoisotopic (exact) mass is 378 g/mol. The lowest BCUT2D eigenvalue weighted by Gasteiger charge is -2.44. The zero-order valence-corrected chi connectivity index (χ0v) is 15.6. The van der Waals surface area contributed by atoms with E-state index in [0.29, 0.717) is 24.6 Å². The molecule has 1 fully saturated rings. The van der Waals surface area contributed by atoms with Gasteiger partial charge in [0.05, 0.1) is 23.9 Å². The fourth-order valence-corrected chi connectivity index (χ4v) is 4.68. The van der Waals surface area contributed by atoms with Crippen molar-refractivity contribution in [2.75, 3.05) is 18.1 Å². The van der Waals surface area contributed by atoms with E-state index in [1.54, 1.807) is 6.20 Å². The predicted molar refractivity (Wildman–Crippen MR) is 107 cm³/mol. The van der Waals surface area contributed by atoms with Crippen LogP contribution >= 0.6 is 11.6 Å². The van der Waals surface area contributed by atoms with Crippen molar-refractivity contribution >= 4 is 34.0 Å². The number of hydrogen-bond acceptors (Lipinski definition) is 3. The summed E-state index contributed by atoms with van der Waals surface area (Å²) in [6.07, 6.45) is 6.07. The molecule has 5 rings (SSSR count). The largest absolute Gasteiger partial charge is 0.493 e. The Labute approximate surface area is 162 Å². The van der Waals surface area contributed by atoms with Gasteiger partial charge in [-0.3, -0.25) is 9.78 Å². The Bertz CT molecular complexity index is 1050. The number of carbonyl (C=O) groups excluding carboxylic acids is 1. The highest BCUT2D eigenvalue weighted by atomic mass is 35.5. The SMILES string of the molecule is O=C1N(c2cncc3ccccc23)CCC[C@@]12CCOc1ccc(Cl)cc12. The van der Waals surface area contributed by atoms with Crippen LogP contribution in [0, 0.1) is 0 Å². The average molecular weight is 379 g/mol. The minimum atomic E-state index is -0.576. The van der Waals surface area contributed by atoms with E-state index in [1.807, 2.05) is 47.5 Å². The molecule has 1 spiro atoms. The van der Waals surface area contributed by atoms with Crippen LogP contribution in [0.25, 0.3) is 10.8 Å². The highest BCUT2D eigenvalue weighted by molar-refractivity contribution is 6.30. The first-order valence-corrected chi connectivity index (χ1v) is 9.64. The molecule has 0 aliphatic carbocycles. The second-order valence-corrected chi connectivity index (χ2v) is 7.70. The second kappa shape index (κ2) is 6.24. The molecular formula is C22H19ClN2O2. The molecule has 2 aromatic carbocycles. The van der Waals surface area contributed by atoms with Crippen molar-refractivity contribution in [2.24, 2.45) is 0 Å². The van der Waals surface area contributed by atoms with Gasteiger partial charge in [-0.15, -0.1) is 0 Å². The molecule has 3 aromatic rings. The molecule has 3 heterocycles. The smallest absolute Gasteiger partial charge is 0.237 e. The maximum absolute atomic E-state index is 13.8. The van der Waals surface area contributed by atoms with Gasteiger partial charge in [0.25, 0.3) is 0 Å². The predicted octanol–water partition coefficient (Wildman–Crippen LogP) is 4.74. The van der Waals surface area contributed by atoms with E-state index in [4.69, 9.17) is 16.3 Å². The van der Waals surface area contributed by atoms with Gasteiger partial charge in [0.15, 0.2) is 0 Å². The number of nitrogens with zero attached hydrogens (tertiary/aromatic N) is 2. The molecule has 5 heteroatoms. The van der Waals surface area contributed by atoms with Crippen molar-refractivity contribution in [3.8, 4) is 5.75 Å². The maximum atomic E-state index is 13.8. The third-order valence-corrected chi connectivity index (χ3v) is 6.06. The van der Waals surface area contributed by atoms with Crippen LogP contribution in [0.15, 0.2) is 54.9 Å². The number of piperidine rings is 1. The van der Waals surface area contributed by atoms with Crippen molar-refractivity contribution in [1.29, 1.82) is 0 Å². The molecule has 0 radical (unpaired) electrons. The molecule has 1 aromatic heterocycles. The molecular weight excluding hydrogens is 360 g/mol. The van der Waals surface area contributed by atoms with Crippen molar-refractivity contribution in [3.63, 3.8) is 0 Å². The highest BCUT2D eigenvalue weighted by Crippen LogP contribution is 2.47. The number of hydrogen-bond donors (Lipinski definition) is 0. The number of carbonyl (C=O) groups is 1. The van der Waals surface area contributed by atoms with E-state index in [-0.39, 0.29) is 5.91 Å². The molecule has 27 heavy (non-hydrogen) atoms. The van der Waals surface area contributed by atoms with Gasteiger partial charge < -0.3 is 9.64 Å². The fourth-order valence-electron chi connectivity index (χ4n) is 4.51. The van der Waals surface area contributed by atoms with Crippen molar-refractivity contribution in [3.05, 3.63) is 65.4 Å². The standard InChI is InChI=1S/C22H19ClN2O2/c23-16-6-7-20-18(12-16)22(9-11-27-20)8-3-10-25(21(22)26)19-14-24-13-15-4-1-2-5-17(15)19/h1-2,4-7,12-14H,3,8-11H2/t22-/m0/s1. The van der Waals surface area contributed by atoms with Crippen LogP contribution in [0.4, 0.5) is 5.69 Å². The topological polar surface area (TPSA) is 42.4 Å². The zero-order valence-electron chi connectivity index (χ0n) is 14.8. The Kier molecular flexibility index (Phi) is 3.83. The Morgan fingerprint density at radius 1 is 1.11 bits per heavy atom. The molecule has 0 saturated carbocycles. The molecule has 1 amide bonds. The number of anilines is 1. The summed E-state index contributed by atoms with van der Waals surface area (Å²) in [5.41, 5.74) is 1.23. The Balaban J connectivity index is 1.65.